The fourth-order valence-electron chi connectivity index (χ4n) is 1.37. The summed E-state index contributed by atoms with van der Waals surface area (Å²) in [6.07, 6.45) is 0.163. The molecule has 1 aliphatic rings. The molecule has 0 aliphatic carbocycles. The van der Waals surface area contributed by atoms with Gasteiger partial charge in [-0.3, -0.25) is 0 Å². The van der Waals surface area contributed by atoms with Gasteiger partial charge in [0.05, 0.1) is 0 Å². The fourth-order valence-corrected chi connectivity index (χ4v) is 12.6. The van der Waals surface area contributed by atoms with Crippen LogP contribution in [0.15, 0.2) is 18.2 Å². The van der Waals surface area contributed by atoms with Crippen molar-refractivity contribution in [1.29, 1.82) is 0 Å². The first kappa shape index (κ1) is 13.3. The van der Waals surface area contributed by atoms with Crippen LogP contribution in [0, 0.1) is 7.38 Å². The molecule has 3 nitrogen and oxygen atoms in total. The first-order valence-corrected chi connectivity index (χ1v) is 15.0. The number of hydrogen-bond acceptors (Lipinski definition) is 2. The molecule has 92 valence electrons. The predicted molar refractivity (Wildman–Crippen MR) is 69.4 cm³/mol. The second-order valence-electron chi connectivity index (χ2n) is 3.26. The van der Waals surface area contributed by atoms with E-state index in [1.165, 1.54) is 0 Å². The number of carboxylic acids is 1. The first-order chi connectivity index (χ1) is 8.08. The van der Waals surface area contributed by atoms with Crippen molar-refractivity contribution in [2.75, 3.05) is 4.43 Å². The molecule has 0 fully saturated rings. The maximum atomic E-state index is 11.1. The number of benzene rings is 1. The van der Waals surface area contributed by atoms with Crippen molar-refractivity contribution in [1.82, 2.24) is 0 Å². The number of halogens is 3. The van der Waals surface area contributed by atoms with Crippen LogP contribution in [0.3, 0.4) is 0 Å². The molecule has 17 heavy (non-hydrogen) atoms. The number of carbonyl (C=O) groups is 2. The third-order valence-electron chi connectivity index (χ3n) is 2.11. The number of carbonyl (C=O) groups excluding carboxylic acids is 1. The van der Waals surface area contributed by atoms with Gasteiger partial charge in [0.25, 0.3) is 0 Å². The molecule has 6 heteroatoms. The zero-order valence-corrected chi connectivity index (χ0v) is 13.6. The third-order valence-corrected chi connectivity index (χ3v) is 18.6. The summed E-state index contributed by atoms with van der Waals surface area (Å²) in [5, 5.41) is 8.71. The van der Waals surface area contributed by atoms with Gasteiger partial charge in [0.15, 0.2) is 0 Å². The van der Waals surface area contributed by atoms with Crippen LogP contribution in [0.4, 0.5) is 0 Å². The van der Waals surface area contributed by atoms with E-state index in [1.807, 2.05) is 6.07 Å². The van der Waals surface area contributed by atoms with Gasteiger partial charge < -0.3 is 0 Å². The van der Waals surface area contributed by atoms with Crippen LogP contribution in [0.25, 0.3) is 0 Å². The Labute approximate surface area is 116 Å². The zero-order chi connectivity index (χ0) is 12.4. The Bertz CT molecular complexity index is 583. The van der Waals surface area contributed by atoms with Crippen molar-refractivity contribution < 1.29 is 31.9 Å². The quantitative estimate of drug-likeness (QED) is 0.358. The van der Waals surface area contributed by atoms with Gasteiger partial charge in [-0.1, -0.05) is 0 Å². The van der Waals surface area contributed by atoms with Crippen LogP contribution in [-0.4, -0.2) is 20.7 Å². The summed E-state index contributed by atoms with van der Waals surface area (Å²) in [7, 11) is 0. The molecular weight excluding hydrogens is 469 g/mol. The topological polar surface area (TPSA) is 54.4 Å². The van der Waals surface area contributed by atoms with Gasteiger partial charge in [-0.25, -0.2) is 0 Å². The molecule has 1 aromatic rings. The second-order valence-corrected chi connectivity index (χ2v) is 17.6. The van der Waals surface area contributed by atoms with Crippen molar-refractivity contribution in [3.8, 4) is 3.81 Å². The van der Waals surface area contributed by atoms with Gasteiger partial charge in [0.1, 0.15) is 0 Å². The van der Waals surface area contributed by atoms with Gasteiger partial charge in [-0.05, 0) is 0 Å². The predicted octanol–water partition coefficient (Wildman–Crippen LogP) is -0.655. The Morgan fingerprint density at radius 1 is 1.53 bits per heavy atom. The van der Waals surface area contributed by atoms with Crippen LogP contribution < -0.4 is 17.2 Å². The van der Waals surface area contributed by atoms with E-state index in [-0.39, 0.29) is 23.7 Å². The Morgan fingerprint density at radius 3 is 2.71 bits per heavy atom. The molecule has 0 bridgehead atoms. The van der Waals surface area contributed by atoms with Crippen LogP contribution in [0.5, 0.6) is 0 Å². The average molecular weight is 477 g/mol. The molecule has 0 aromatic heterocycles. The number of hydrogen-bond donors (Lipinski definition) is 1. The van der Waals surface area contributed by atoms with Crippen molar-refractivity contribution in [3.63, 3.8) is 0 Å². The van der Waals surface area contributed by atoms with Crippen LogP contribution in [-0.2, 0) is 11.2 Å². The van der Waals surface area contributed by atoms with E-state index >= 15 is 0 Å². The summed E-state index contributed by atoms with van der Waals surface area (Å²) < 4.78 is 5.37. The second kappa shape index (κ2) is 5.69. The number of aromatic carboxylic acids is 1. The van der Waals surface area contributed by atoms with Crippen molar-refractivity contribution in [2.45, 2.75) is 6.42 Å². The zero-order valence-electron chi connectivity index (χ0n) is 8.54. The summed E-state index contributed by atoms with van der Waals surface area (Å²) in [5.41, 5.74) is 1.19. The Balaban J connectivity index is 2.45. The summed E-state index contributed by atoms with van der Waals surface area (Å²) in [5.74, 6) is -0.890. The molecule has 1 N–H and O–H groups in total. The summed E-state index contributed by atoms with van der Waals surface area (Å²) in [6.45, 7) is 0. The molecule has 0 saturated heterocycles. The fraction of sp³-hybridized carbons (Fsp3) is 0.182. The van der Waals surface area contributed by atoms with E-state index < -0.39 is 26.4 Å². The Morgan fingerprint density at radius 2 is 2.24 bits per heavy atom. The van der Waals surface area contributed by atoms with E-state index in [0.717, 1.165) is 13.6 Å². The molecule has 0 spiro atoms. The SMILES string of the molecule is O=C(Cl)Cc1ccc(C(=O)O)c(I2#CC[I-]2)c1. The van der Waals surface area contributed by atoms with Crippen LogP contribution in [0.2, 0.25) is 0 Å². The normalized spacial score (nSPS) is 14.9. The minimum atomic E-state index is -1.38. The summed E-state index contributed by atoms with van der Waals surface area (Å²) >= 11 is 4.10. The average Bonchev–Trinajstić information content (AvgIpc) is 2.13. The molecule has 1 heterocycles. The minimum absolute atomic E-state index is 0.135. The maximum absolute atomic E-state index is 11.1. The third kappa shape index (κ3) is 3.21. The van der Waals surface area contributed by atoms with E-state index in [0.29, 0.717) is 5.56 Å². The standard InChI is InChI=1S/C11H8ClI2O3/c12-10(15)6-7-1-2-8(11(16)17)9(5-7)14-4-3-13-14/h1-2,5H,3,6H2,(H,16,17)/q-1. The molecule has 0 saturated carbocycles. The molecular formula is C11H8ClI2O3-. The van der Waals surface area contributed by atoms with Gasteiger partial charge in [0, 0.05) is 0 Å². The molecule has 2 rings (SSSR count). The summed E-state index contributed by atoms with van der Waals surface area (Å²) in [6, 6.07) is 5.11. The van der Waals surface area contributed by atoms with Crippen molar-refractivity contribution in [2.24, 2.45) is 0 Å². The molecule has 0 amide bonds. The number of rotatable bonds is 3. The van der Waals surface area contributed by atoms with E-state index in [1.54, 1.807) is 12.1 Å². The van der Waals surface area contributed by atoms with Crippen molar-refractivity contribution >= 4 is 38.0 Å². The molecule has 0 unspecified atom stereocenters. The number of carboxylic acid groups (broad SMARTS) is 1. The van der Waals surface area contributed by atoms with Crippen LogP contribution >= 0.6 is 26.8 Å². The Kier molecular flexibility index (Phi) is 4.46. The molecule has 0 atom stereocenters. The van der Waals surface area contributed by atoms with Crippen molar-refractivity contribution in [3.05, 3.63) is 32.9 Å². The van der Waals surface area contributed by atoms with Crippen LogP contribution in [0.1, 0.15) is 15.9 Å². The molecule has 0 radical (unpaired) electrons. The first-order valence-electron chi connectivity index (χ1n) is 4.66. The van der Waals surface area contributed by atoms with Gasteiger partial charge >= 0.3 is 117 Å². The Hall–Kier alpha value is -0.110. The monoisotopic (exact) mass is 477 g/mol. The number of alkyl halides is 1. The molecule has 1 aromatic carbocycles. The summed E-state index contributed by atoms with van der Waals surface area (Å²) in [4.78, 5) is 22.0. The van der Waals surface area contributed by atoms with E-state index in [9.17, 15) is 9.59 Å². The van der Waals surface area contributed by atoms with E-state index in [2.05, 4.69) is 3.81 Å². The van der Waals surface area contributed by atoms with Gasteiger partial charge in [0.2, 0.25) is 0 Å². The van der Waals surface area contributed by atoms with E-state index in [4.69, 9.17) is 16.7 Å². The molecule has 1 aliphatic heterocycles. The van der Waals surface area contributed by atoms with Gasteiger partial charge in [-0.15, -0.1) is 0 Å². The van der Waals surface area contributed by atoms with Gasteiger partial charge in [-0.2, -0.15) is 0 Å².